The lowest BCUT2D eigenvalue weighted by Gasteiger charge is -2.38. The van der Waals surface area contributed by atoms with Crippen LogP contribution in [0.5, 0.6) is 0 Å². The number of benzene rings is 1. The van der Waals surface area contributed by atoms with Gasteiger partial charge in [-0.05, 0) is 43.9 Å². The van der Waals surface area contributed by atoms with E-state index in [1.165, 1.54) is 11.3 Å². The Morgan fingerprint density at radius 1 is 1.33 bits per heavy atom. The number of carbonyl (C=O) groups excluding carboxylic acids is 1. The predicted molar refractivity (Wildman–Crippen MR) is 96.7 cm³/mol. The van der Waals surface area contributed by atoms with Crippen molar-refractivity contribution in [2.75, 3.05) is 13.1 Å². The highest BCUT2D eigenvalue weighted by molar-refractivity contribution is 7.13. The zero-order valence-electron chi connectivity index (χ0n) is 13.9. The summed E-state index contributed by atoms with van der Waals surface area (Å²) in [6.45, 7) is 5.02. The first-order valence-electron chi connectivity index (χ1n) is 8.17. The molecule has 0 spiro atoms. The molecule has 0 saturated carbocycles. The summed E-state index contributed by atoms with van der Waals surface area (Å²) in [5.74, 6) is 0.0376. The van der Waals surface area contributed by atoms with Gasteiger partial charge in [0, 0.05) is 18.1 Å². The second-order valence-electron chi connectivity index (χ2n) is 6.19. The van der Waals surface area contributed by atoms with Gasteiger partial charge in [0.2, 0.25) is 0 Å². The van der Waals surface area contributed by atoms with Crippen molar-refractivity contribution < 1.29 is 9.90 Å². The molecule has 1 fully saturated rings. The number of aliphatic hydroxyl groups is 1. The highest BCUT2D eigenvalue weighted by Crippen LogP contribution is 2.34. The van der Waals surface area contributed by atoms with Crippen LogP contribution in [-0.2, 0) is 12.0 Å². The molecule has 0 bridgehead atoms. The number of rotatable bonds is 3. The number of halogens is 1. The second-order valence-corrected chi connectivity index (χ2v) is 7.83. The van der Waals surface area contributed by atoms with E-state index in [-0.39, 0.29) is 5.91 Å². The number of hydrogen-bond acceptors (Lipinski definition) is 4. The normalized spacial score (nSPS) is 17.1. The standard InChI is InChI=1S/C18H21ClN2O2S/c1-3-15-16(24-12(2)20-15)17(22)21-10-8-18(23,9-11-21)13-4-6-14(19)7-5-13/h4-7,23H,3,8-11H2,1-2H3. The number of aromatic nitrogens is 1. The summed E-state index contributed by atoms with van der Waals surface area (Å²) < 4.78 is 0. The molecule has 1 aromatic carbocycles. The quantitative estimate of drug-likeness (QED) is 0.901. The molecule has 1 aromatic heterocycles. The lowest BCUT2D eigenvalue weighted by atomic mass is 9.84. The molecule has 1 amide bonds. The Bertz CT molecular complexity index is 734. The van der Waals surface area contributed by atoms with Crippen LogP contribution >= 0.6 is 22.9 Å². The molecular formula is C18H21ClN2O2S. The number of aryl methyl sites for hydroxylation is 2. The first kappa shape index (κ1) is 17.4. The number of nitrogens with zero attached hydrogens (tertiary/aromatic N) is 2. The molecular weight excluding hydrogens is 344 g/mol. The van der Waals surface area contributed by atoms with E-state index in [1.807, 2.05) is 30.9 Å². The van der Waals surface area contributed by atoms with Crippen molar-refractivity contribution in [2.45, 2.75) is 38.7 Å². The van der Waals surface area contributed by atoms with E-state index < -0.39 is 5.60 Å². The molecule has 0 atom stereocenters. The van der Waals surface area contributed by atoms with Crippen molar-refractivity contribution >= 4 is 28.8 Å². The van der Waals surface area contributed by atoms with Crippen molar-refractivity contribution in [1.82, 2.24) is 9.88 Å². The van der Waals surface area contributed by atoms with E-state index in [0.717, 1.165) is 27.6 Å². The van der Waals surface area contributed by atoms with Crippen molar-refractivity contribution in [1.29, 1.82) is 0 Å². The first-order valence-corrected chi connectivity index (χ1v) is 9.36. The van der Waals surface area contributed by atoms with E-state index in [0.29, 0.717) is 31.0 Å². The van der Waals surface area contributed by atoms with Crippen LogP contribution in [0.4, 0.5) is 0 Å². The maximum atomic E-state index is 12.8. The Morgan fingerprint density at radius 2 is 1.96 bits per heavy atom. The van der Waals surface area contributed by atoms with Crippen LogP contribution in [0.1, 0.15) is 45.7 Å². The molecule has 1 N–H and O–H groups in total. The summed E-state index contributed by atoms with van der Waals surface area (Å²) in [5, 5.41) is 12.5. The third-order valence-corrected chi connectivity index (χ3v) is 5.85. The largest absolute Gasteiger partial charge is 0.385 e. The van der Waals surface area contributed by atoms with Crippen LogP contribution in [-0.4, -0.2) is 34.0 Å². The van der Waals surface area contributed by atoms with Gasteiger partial charge >= 0.3 is 0 Å². The summed E-state index contributed by atoms with van der Waals surface area (Å²) in [5.41, 5.74) is 0.849. The van der Waals surface area contributed by atoms with Crippen LogP contribution in [0, 0.1) is 6.92 Å². The summed E-state index contributed by atoms with van der Waals surface area (Å²) in [6, 6.07) is 7.31. The van der Waals surface area contributed by atoms with Crippen LogP contribution < -0.4 is 0 Å². The molecule has 128 valence electrons. The minimum Gasteiger partial charge on any atom is -0.385 e. The number of amides is 1. The van der Waals surface area contributed by atoms with Gasteiger partial charge in [-0.1, -0.05) is 30.7 Å². The molecule has 4 nitrogen and oxygen atoms in total. The molecule has 6 heteroatoms. The van der Waals surface area contributed by atoms with Gasteiger partial charge in [-0.25, -0.2) is 4.98 Å². The van der Waals surface area contributed by atoms with E-state index in [9.17, 15) is 9.90 Å². The van der Waals surface area contributed by atoms with Crippen LogP contribution in [0.2, 0.25) is 5.02 Å². The smallest absolute Gasteiger partial charge is 0.265 e. The highest BCUT2D eigenvalue weighted by Gasteiger charge is 2.36. The Hall–Kier alpha value is -1.43. The zero-order chi connectivity index (χ0) is 17.3. The van der Waals surface area contributed by atoms with Gasteiger partial charge in [0.15, 0.2) is 0 Å². The molecule has 3 rings (SSSR count). The van der Waals surface area contributed by atoms with E-state index in [1.54, 1.807) is 12.1 Å². The molecule has 1 aliphatic rings. The lowest BCUT2D eigenvalue weighted by molar-refractivity contribution is -0.0210. The minimum atomic E-state index is -0.890. The highest BCUT2D eigenvalue weighted by atomic mass is 35.5. The van der Waals surface area contributed by atoms with Crippen LogP contribution in [0.15, 0.2) is 24.3 Å². The molecule has 0 radical (unpaired) electrons. The number of piperidine rings is 1. The fourth-order valence-corrected chi connectivity index (χ4v) is 4.25. The lowest BCUT2D eigenvalue weighted by Crippen LogP contribution is -2.45. The summed E-state index contributed by atoms with van der Waals surface area (Å²) >= 11 is 7.38. The molecule has 1 aliphatic heterocycles. The van der Waals surface area contributed by atoms with E-state index in [2.05, 4.69) is 4.98 Å². The SMILES string of the molecule is CCc1nc(C)sc1C(=O)N1CCC(O)(c2ccc(Cl)cc2)CC1. The topological polar surface area (TPSA) is 53.4 Å². The molecule has 1 saturated heterocycles. The average molecular weight is 365 g/mol. The Labute approximate surface area is 151 Å². The molecule has 2 aromatic rings. The third kappa shape index (κ3) is 3.34. The first-order chi connectivity index (χ1) is 11.4. The fraction of sp³-hybridized carbons (Fsp3) is 0.444. The molecule has 0 unspecified atom stereocenters. The minimum absolute atomic E-state index is 0.0376. The monoisotopic (exact) mass is 364 g/mol. The average Bonchev–Trinajstić information content (AvgIpc) is 2.96. The van der Waals surface area contributed by atoms with Gasteiger partial charge < -0.3 is 10.0 Å². The van der Waals surface area contributed by atoms with Crippen molar-refractivity contribution in [3.05, 3.63) is 50.4 Å². The van der Waals surface area contributed by atoms with Gasteiger partial charge in [-0.3, -0.25) is 4.79 Å². The Balaban J connectivity index is 1.72. The van der Waals surface area contributed by atoms with Crippen molar-refractivity contribution in [3.63, 3.8) is 0 Å². The van der Waals surface area contributed by atoms with E-state index in [4.69, 9.17) is 11.6 Å². The summed E-state index contributed by atoms with van der Waals surface area (Å²) in [7, 11) is 0. The number of carbonyl (C=O) groups is 1. The van der Waals surface area contributed by atoms with E-state index >= 15 is 0 Å². The fourth-order valence-electron chi connectivity index (χ4n) is 3.15. The van der Waals surface area contributed by atoms with Gasteiger partial charge in [0.25, 0.3) is 5.91 Å². The van der Waals surface area contributed by atoms with Gasteiger partial charge in [0.1, 0.15) is 4.88 Å². The Morgan fingerprint density at radius 3 is 2.54 bits per heavy atom. The number of thiazole rings is 1. The zero-order valence-corrected chi connectivity index (χ0v) is 15.5. The van der Waals surface area contributed by atoms with Crippen LogP contribution in [0.25, 0.3) is 0 Å². The number of likely N-dealkylation sites (tertiary alicyclic amines) is 1. The van der Waals surface area contributed by atoms with Gasteiger partial charge in [-0.2, -0.15) is 0 Å². The number of hydrogen-bond donors (Lipinski definition) is 1. The molecule has 24 heavy (non-hydrogen) atoms. The maximum Gasteiger partial charge on any atom is 0.265 e. The summed E-state index contributed by atoms with van der Waals surface area (Å²) in [4.78, 5) is 19.8. The summed E-state index contributed by atoms with van der Waals surface area (Å²) in [6.07, 6.45) is 1.81. The van der Waals surface area contributed by atoms with Gasteiger partial charge in [-0.15, -0.1) is 11.3 Å². The van der Waals surface area contributed by atoms with Crippen molar-refractivity contribution in [2.24, 2.45) is 0 Å². The van der Waals surface area contributed by atoms with Crippen LogP contribution in [0.3, 0.4) is 0 Å². The third-order valence-electron chi connectivity index (χ3n) is 4.59. The molecule has 0 aliphatic carbocycles. The van der Waals surface area contributed by atoms with Gasteiger partial charge in [0.05, 0.1) is 16.3 Å². The predicted octanol–water partition coefficient (Wildman–Crippen LogP) is 3.79. The maximum absolute atomic E-state index is 12.8. The Kier molecular flexibility index (Phi) is 4.95. The molecule has 2 heterocycles. The second kappa shape index (κ2) is 6.82. The van der Waals surface area contributed by atoms with Crippen molar-refractivity contribution in [3.8, 4) is 0 Å².